The summed E-state index contributed by atoms with van der Waals surface area (Å²) in [5, 5.41) is 9.17. The minimum absolute atomic E-state index is 0.00119. The molecule has 0 bridgehead atoms. The van der Waals surface area contributed by atoms with Gasteiger partial charge in [0.05, 0.1) is 12.3 Å². The highest BCUT2D eigenvalue weighted by Crippen LogP contribution is 2.25. The van der Waals surface area contributed by atoms with Crippen molar-refractivity contribution in [3.63, 3.8) is 0 Å². The van der Waals surface area contributed by atoms with Crippen LogP contribution in [0.15, 0.2) is 54.6 Å². The number of nitrogens with zero attached hydrogens (tertiary/aromatic N) is 1. The molecule has 2 unspecified atom stereocenters. The number of carbonyl (C=O) groups excluding carboxylic acids is 1. The number of carboxylic acids is 1. The third-order valence-corrected chi connectivity index (χ3v) is 4.81. The Morgan fingerprint density at radius 3 is 2.25 bits per heavy atom. The minimum atomic E-state index is -0.815. The predicted octanol–water partition coefficient (Wildman–Crippen LogP) is 3.22. The van der Waals surface area contributed by atoms with Gasteiger partial charge >= 0.3 is 5.97 Å². The van der Waals surface area contributed by atoms with E-state index in [0.717, 1.165) is 16.7 Å². The number of hydrogen-bond donors (Lipinski definition) is 1. The summed E-state index contributed by atoms with van der Waals surface area (Å²) in [7, 11) is 0. The van der Waals surface area contributed by atoms with Crippen molar-refractivity contribution in [1.29, 1.82) is 0 Å². The molecule has 0 aromatic heterocycles. The van der Waals surface area contributed by atoms with Crippen molar-refractivity contribution in [2.75, 3.05) is 6.54 Å². The molecule has 2 aromatic rings. The minimum Gasteiger partial charge on any atom is -0.481 e. The van der Waals surface area contributed by atoms with Gasteiger partial charge in [0.15, 0.2) is 0 Å². The highest BCUT2D eigenvalue weighted by molar-refractivity contribution is 5.81. The normalized spacial score (nSPS) is 20.1. The van der Waals surface area contributed by atoms with Crippen molar-refractivity contribution >= 4 is 11.9 Å². The van der Waals surface area contributed by atoms with Gasteiger partial charge < -0.3 is 10.0 Å². The van der Waals surface area contributed by atoms with Gasteiger partial charge in [0.25, 0.3) is 0 Å². The lowest BCUT2D eigenvalue weighted by Gasteiger charge is -2.23. The summed E-state index contributed by atoms with van der Waals surface area (Å²) in [6.45, 7) is 2.35. The maximum absolute atomic E-state index is 12.5. The first-order valence-corrected chi connectivity index (χ1v) is 8.23. The van der Waals surface area contributed by atoms with Crippen molar-refractivity contribution < 1.29 is 14.7 Å². The lowest BCUT2D eigenvalue weighted by atomic mass is 10.0. The highest BCUT2D eigenvalue weighted by Gasteiger charge is 2.37. The van der Waals surface area contributed by atoms with Crippen LogP contribution >= 0.6 is 0 Å². The lowest BCUT2D eigenvalue weighted by Crippen LogP contribution is -2.38. The Bertz CT molecular complexity index is 724. The smallest absolute Gasteiger partial charge is 0.308 e. The Hall–Kier alpha value is -2.62. The van der Waals surface area contributed by atoms with Gasteiger partial charge in [-0.05, 0) is 30.0 Å². The van der Waals surface area contributed by atoms with E-state index in [1.165, 1.54) is 0 Å². The number of aliphatic carboxylic acids is 1. The highest BCUT2D eigenvalue weighted by atomic mass is 16.4. The number of benzene rings is 2. The average molecular weight is 323 g/mol. The first-order chi connectivity index (χ1) is 11.6. The topological polar surface area (TPSA) is 57.6 Å². The van der Waals surface area contributed by atoms with Gasteiger partial charge in [0, 0.05) is 12.6 Å². The van der Waals surface area contributed by atoms with Crippen LogP contribution in [-0.2, 0) is 16.0 Å². The molecule has 124 valence electrons. The van der Waals surface area contributed by atoms with E-state index >= 15 is 0 Å². The van der Waals surface area contributed by atoms with E-state index in [2.05, 4.69) is 12.1 Å². The molecule has 0 spiro atoms. The Morgan fingerprint density at radius 2 is 1.67 bits per heavy atom. The van der Waals surface area contributed by atoms with E-state index < -0.39 is 11.9 Å². The molecule has 1 saturated heterocycles. The third kappa shape index (κ3) is 3.32. The largest absolute Gasteiger partial charge is 0.481 e. The summed E-state index contributed by atoms with van der Waals surface area (Å²) in [5.41, 5.74) is 3.21. The van der Waals surface area contributed by atoms with E-state index in [-0.39, 0.29) is 11.9 Å². The molecule has 3 rings (SSSR count). The monoisotopic (exact) mass is 323 g/mol. The SMILES string of the molecule is CC1C(C(=O)O)CCN1C(=O)Cc1ccc(-c2ccccc2)cc1. The van der Waals surface area contributed by atoms with Gasteiger partial charge in [0.2, 0.25) is 5.91 Å². The zero-order valence-electron chi connectivity index (χ0n) is 13.7. The second kappa shape index (κ2) is 6.87. The molecule has 1 fully saturated rings. The average Bonchev–Trinajstić information content (AvgIpc) is 2.98. The van der Waals surface area contributed by atoms with Crippen LogP contribution in [0.25, 0.3) is 11.1 Å². The van der Waals surface area contributed by atoms with Crippen LogP contribution in [0.3, 0.4) is 0 Å². The van der Waals surface area contributed by atoms with Crippen molar-refractivity contribution in [3.05, 3.63) is 60.2 Å². The summed E-state index contributed by atoms with van der Waals surface area (Å²) in [4.78, 5) is 25.4. The molecule has 0 aliphatic carbocycles. The quantitative estimate of drug-likeness (QED) is 0.940. The molecule has 0 saturated carbocycles. The van der Waals surface area contributed by atoms with Crippen molar-refractivity contribution in [2.45, 2.75) is 25.8 Å². The van der Waals surface area contributed by atoms with E-state index in [9.17, 15) is 14.7 Å². The van der Waals surface area contributed by atoms with Crippen LogP contribution in [0.4, 0.5) is 0 Å². The first-order valence-electron chi connectivity index (χ1n) is 8.23. The van der Waals surface area contributed by atoms with Crippen LogP contribution in [0.1, 0.15) is 18.9 Å². The maximum Gasteiger partial charge on any atom is 0.308 e. The lowest BCUT2D eigenvalue weighted by molar-refractivity contribution is -0.143. The standard InChI is InChI=1S/C20H21NO3/c1-14-18(20(23)24)11-12-21(14)19(22)13-15-7-9-17(10-8-15)16-5-3-2-4-6-16/h2-10,14,18H,11-13H2,1H3,(H,23,24). The van der Waals surface area contributed by atoms with Crippen LogP contribution < -0.4 is 0 Å². The molecular weight excluding hydrogens is 302 g/mol. The van der Waals surface area contributed by atoms with Gasteiger partial charge in [-0.3, -0.25) is 9.59 Å². The summed E-state index contributed by atoms with van der Waals surface area (Å²) < 4.78 is 0. The van der Waals surface area contributed by atoms with E-state index in [1.807, 2.05) is 49.4 Å². The third-order valence-electron chi connectivity index (χ3n) is 4.81. The molecule has 2 aromatic carbocycles. The Labute approximate surface area is 141 Å². The molecule has 4 heteroatoms. The van der Waals surface area contributed by atoms with Gasteiger partial charge in [-0.1, -0.05) is 54.6 Å². The maximum atomic E-state index is 12.5. The zero-order valence-corrected chi connectivity index (χ0v) is 13.7. The number of hydrogen-bond acceptors (Lipinski definition) is 2. The molecule has 4 nitrogen and oxygen atoms in total. The Morgan fingerprint density at radius 1 is 1.04 bits per heavy atom. The molecule has 1 aliphatic heterocycles. The Balaban J connectivity index is 1.66. The second-order valence-electron chi connectivity index (χ2n) is 6.30. The predicted molar refractivity (Wildman–Crippen MR) is 92.5 cm³/mol. The fourth-order valence-electron chi connectivity index (χ4n) is 3.34. The van der Waals surface area contributed by atoms with Crippen LogP contribution in [-0.4, -0.2) is 34.5 Å². The molecular formula is C20H21NO3. The second-order valence-corrected chi connectivity index (χ2v) is 6.30. The Kier molecular flexibility index (Phi) is 4.65. The number of carboxylic acid groups (broad SMARTS) is 1. The summed E-state index contributed by atoms with van der Waals surface area (Å²) in [6, 6.07) is 17.8. The van der Waals surface area contributed by atoms with E-state index in [1.54, 1.807) is 4.90 Å². The van der Waals surface area contributed by atoms with Crippen LogP contribution in [0.2, 0.25) is 0 Å². The van der Waals surface area contributed by atoms with Crippen LogP contribution in [0, 0.1) is 5.92 Å². The fraction of sp³-hybridized carbons (Fsp3) is 0.300. The van der Waals surface area contributed by atoms with Crippen molar-refractivity contribution in [3.8, 4) is 11.1 Å². The summed E-state index contributed by atoms with van der Waals surface area (Å²) >= 11 is 0. The van der Waals surface area contributed by atoms with Gasteiger partial charge in [-0.15, -0.1) is 0 Å². The molecule has 0 radical (unpaired) electrons. The van der Waals surface area contributed by atoms with E-state index in [4.69, 9.17) is 0 Å². The molecule has 2 atom stereocenters. The van der Waals surface area contributed by atoms with Gasteiger partial charge in [-0.25, -0.2) is 0 Å². The number of carbonyl (C=O) groups is 2. The number of rotatable bonds is 4. The fourth-order valence-corrected chi connectivity index (χ4v) is 3.34. The van der Waals surface area contributed by atoms with Crippen molar-refractivity contribution in [1.82, 2.24) is 4.90 Å². The molecule has 1 heterocycles. The van der Waals surface area contributed by atoms with Gasteiger partial charge in [0.1, 0.15) is 0 Å². The molecule has 1 N–H and O–H groups in total. The summed E-state index contributed by atoms with van der Waals surface area (Å²) in [6.07, 6.45) is 0.848. The van der Waals surface area contributed by atoms with Gasteiger partial charge in [-0.2, -0.15) is 0 Å². The molecule has 1 amide bonds. The molecule has 24 heavy (non-hydrogen) atoms. The summed E-state index contributed by atoms with van der Waals surface area (Å²) in [5.74, 6) is -1.27. The number of likely N-dealkylation sites (tertiary alicyclic amines) is 1. The van der Waals surface area contributed by atoms with Crippen molar-refractivity contribution in [2.24, 2.45) is 5.92 Å². The molecule has 1 aliphatic rings. The zero-order chi connectivity index (χ0) is 17.1. The number of amides is 1. The first kappa shape index (κ1) is 16.2. The van der Waals surface area contributed by atoms with E-state index in [0.29, 0.717) is 19.4 Å². The van der Waals surface area contributed by atoms with Crippen LogP contribution in [0.5, 0.6) is 0 Å².